The lowest BCUT2D eigenvalue weighted by Crippen LogP contribution is -2.57. The summed E-state index contributed by atoms with van der Waals surface area (Å²) in [4.78, 5) is 51.9. The molecule has 0 radical (unpaired) electrons. The van der Waals surface area contributed by atoms with Crippen LogP contribution in [0.3, 0.4) is 0 Å². The van der Waals surface area contributed by atoms with Gasteiger partial charge in [0.25, 0.3) is 0 Å². The first-order valence-electron chi connectivity index (χ1n) is 12.1. The lowest BCUT2D eigenvalue weighted by atomic mass is 10.0. The van der Waals surface area contributed by atoms with Crippen LogP contribution >= 0.6 is 0 Å². The van der Waals surface area contributed by atoms with Crippen molar-refractivity contribution < 1.29 is 24.3 Å². The van der Waals surface area contributed by atoms with Crippen molar-refractivity contribution in [3.63, 3.8) is 0 Å². The Morgan fingerprint density at radius 2 is 1.64 bits per heavy atom. The van der Waals surface area contributed by atoms with Gasteiger partial charge in [-0.05, 0) is 63.3 Å². The van der Waals surface area contributed by atoms with E-state index < -0.39 is 42.0 Å². The molecule has 0 spiro atoms. The highest BCUT2D eigenvalue weighted by Crippen LogP contribution is 2.21. The van der Waals surface area contributed by atoms with Gasteiger partial charge in [0.05, 0.1) is 6.04 Å². The number of likely N-dealkylation sites (tertiary alicyclic amines) is 1. The molecule has 0 saturated carbocycles. The average Bonchev–Trinajstić information content (AvgIpc) is 3.21. The summed E-state index contributed by atoms with van der Waals surface area (Å²) >= 11 is 0. The summed E-state index contributed by atoms with van der Waals surface area (Å²) in [5.74, 6) is -1.98. The smallest absolute Gasteiger partial charge is 0.326 e. The Kier molecular flexibility index (Phi) is 12.4. The fourth-order valence-corrected chi connectivity index (χ4v) is 4.11. The Balaban J connectivity index is 2.93. The molecule has 1 fully saturated rings. The Bertz CT molecular complexity index is 670. The van der Waals surface area contributed by atoms with E-state index in [-0.39, 0.29) is 17.7 Å². The number of rotatable bonds is 14. The normalized spacial score (nSPS) is 18.8. The fourth-order valence-electron chi connectivity index (χ4n) is 4.11. The van der Waals surface area contributed by atoms with Crippen LogP contribution in [0.15, 0.2) is 0 Å². The molecule has 0 aromatic heterocycles. The number of carboxylic acids is 1. The number of aliphatic carboxylic acids is 1. The second-order valence-electron chi connectivity index (χ2n) is 9.80. The number of amides is 3. The molecular formula is C23H43N5O5. The highest BCUT2D eigenvalue weighted by atomic mass is 16.4. The molecule has 10 nitrogen and oxygen atoms in total. The largest absolute Gasteiger partial charge is 0.480 e. The predicted molar refractivity (Wildman–Crippen MR) is 126 cm³/mol. The molecule has 33 heavy (non-hydrogen) atoms. The van der Waals surface area contributed by atoms with Crippen molar-refractivity contribution in [2.75, 3.05) is 13.1 Å². The molecule has 4 unspecified atom stereocenters. The number of carbonyl (C=O) groups excluding carboxylic acids is 3. The van der Waals surface area contributed by atoms with E-state index in [4.69, 9.17) is 11.5 Å². The molecule has 1 aliphatic rings. The first kappa shape index (κ1) is 28.8. The number of nitrogens with one attached hydrogen (secondary N) is 2. The molecule has 0 aromatic carbocycles. The minimum atomic E-state index is -1.10. The second kappa shape index (κ2) is 14.1. The SMILES string of the molecule is CC(C)CC(N)C(=O)NC(CCCCN)C(=O)N1CCCC1C(=O)NC(CC(C)C)C(=O)O. The Hall–Kier alpha value is -2.20. The van der Waals surface area contributed by atoms with Gasteiger partial charge in [-0.3, -0.25) is 14.4 Å². The van der Waals surface area contributed by atoms with Crippen LogP contribution < -0.4 is 22.1 Å². The van der Waals surface area contributed by atoms with Crippen LogP contribution in [-0.2, 0) is 19.2 Å². The zero-order valence-electron chi connectivity index (χ0n) is 20.5. The molecule has 190 valence electrons. The van der Waals surface area contributed by atoms with Gasteiger partial charge in [0.2, 0.25) is 17.7 Å². The highest BCUT2D eigenvalue weighted by Gasteiger charge is 2.39. The summed E-state index contributed by atoms with van der Waals surface area (Å²) in [7, 11) is 0. The summed E-state index contributed by atoms with van der Waals surface area (Å²) in [6.07, 6.45) is 3.62. The Labute approximate surface area is 197 Å². The van der Waals surface area contributed by atoms with Crippen molar-refractivity contribution in [3.05, 3.63) is 0 Å². The van der Waals surface area contributed by atoms with Crippen molar-refractivity contribution in [1.29, 1.82) is 0 Å². The van der Waals surface area contributed by atoms with Gasteiger partial charge < -0.3 is 32.1 Å². The van der Waals surface area contributed by atoms with Gasteiger partial charge >= 0.3 is 5.97 Å². The van der Waals surface area contributed by atoms with Crippen LogP contribution in [0.2, 0.25) is 0 Å². The lowest BCUT2D eigenvalue weighted by molar-refractivity contribution is -0.145. The topological polar surface area (TPSA) is 168 Å². The number of nitrogens with two attached hydrogens (primary N) is 2. The van der Waals surface area contributed by atoms with E-state index in [1.54, 1.807) is 0 Å². The van der Waals surface area contributed by atoms with Gasteiger partial charge in [0.1, 0.15) is 18.1 Å². The van der Waals surface area contributed by atoms with Gasteiger partial charge in [0.15, 0.2) is 0 Å². The highest BCUT2D eigenvalue weighted by molar-refractivity contribution is 5.94. The van der Waals surface area contributed by atoms with Gasteiger partial charge in [0, 0.05) is 6.54 Å². The maximum absolute atomic E-state index is 13.4. The van der Waals surface area contributed by atoms with E-state index in [0.29, 0.717) is 58.0 Å². The molecule has 10 heteroatoms. The van der Waals surface area contributed by atoms with Crippen LogP contribution in [0.5, 0.6) is 0 Å². The van der Waals surface area contributed by atoms with Crippen molar-refractivity contribution >= 4 is 23.7 Å². The molecule has 4 atom stereocenters. The summed E-state index contributed by atoms with van der Waals surface area (Å²) in [5, 5.41) is 14.8. The number of carboxylic acid groups (broad SMARTS) is 1. The third kappa shape index (κ3) is 9.67. The summed E-state index contributed by atoms with van der Waals surface area (Å²) in [6.45, 7) is 8.55. The van der Waals surface area contributed by atoms with Crippen LogP contribution in [0.4, 0.5) is 0 Å². The van der Waals surface area contributed by atoms with Gasteiger partial charge in [-0.15, -0.1) is 0 Å². The quantitative estimate of drug-likeness (QED) is 0.232. The molecule has 7 N–H and O–H groups in total. The molecular weight excluding hydrogens is 426 g/mol. The van der Waals surface area contributed by atoms with E-state index in [1.807, 2.05) is 27.7 Å². The monoisotopic (exact) mass is 469 g/mol. The zero-order valence-corrected chi connectivity index (χ0v) is 20.5. The minimum absolute atomic E-state index is 0.0879. The molecule has 0 bridgehead atoms. The van der Waals surface area contributed by atoms with Crippen molar-refractivity contribution in [3.8, 4) is 0 Å². The van der Waals surface area contributed by atoms with Crippen LogP contribution in [0, 0.1) is 11.8 Å². The minimum Gasteiger partial charge on any atom is -0.480 e. The van der Waals surface area contributed by atoms with Gasteiger partial charge in [-0.1, -0.05) is 27.7 Å². The molecule has 1 rings (SSSR count). The van der Waals surface area contributed by atoms with Gasteiger partial charge in [-0.2, -0.15) is 0 Å². The average molecular weight is 470 g/mol. The Morgan fingerprint density at radius 1 is 1.00 bits per heavy atom. The lowest BCUT2D eigenvalue weighted by Gasteiger charge is -2.30. The maximum atomic E-state index is 13.4. The molecule has 1 aliphatic heterocycles. The zero-order chi connectivity index (χ0) is 25.1. The number of hydrogen-bond acceptors (Lipinski definition) is 6. The van der Waals surface area contributed by atoms with E-state index in [0.717, 1.165) is 0 Å². The van der Waals surface area contributed by atoms with Crippen molar-refractivity contribution in [2.24, 2.45) is 23.3 Å². The maximum Gasteiger partial charge on any atom is 0.326 e. The fraction of sp³-hybridized carbons (Fsp3) is 0.826. The first-order valence-corrected chi connectivity index (χ1v) is 12.1. The number of unbranched alkanes of at least 4 members (excludes halogenated alkanes) is 1. The van der Waals surface area contributed by atoms with Crippen LogP contribution in [0.25, 0.3) is 0 Å². The van der Waals surface area contributed by atoms with E-state index in [2.05, 4.69) is 10.6 Å². The predicted octanol–water partition coefficient (Wildman–Crippen LogP) is 0.580. The second-order valence-corrected chi connectivity index (χ2v) is 9.80. The molecule has 0 aromatic rings. The number of nitrogens with zero attached hydrogens (tertiary/aromatic N) is 1. The Morgan fingerprint density at radius 3 is 2.18 bits per heavy atom. The van der Waals surface area contributed by atoms with Crippen molar-refractivity contribution in [2.45, 2.75) is 96.8 Å². The van der Waals surface area contributed by atoms with Crippen molar-refractivity contribution in [1.82, 2.24) is 15.5 Å². The third-order valence-corrected chi connectivity index (χ3v) is 5.78. The first-order chi connectivity index (χ1) is 15.5. The summed E-state index contributed by atoms with van der Waals surface area (Å²) in [6, 6.07) is -3.30. The number of carbonyl (C=O) groups is 4. The summed E-state index contributed by atoms with van der Waals surface area (Å²) in [5.41, 5.74) is 11.6. The standard InChI is InChI=1S/C23H43N5O5/c1-14(2)12-16(25)20(29)26-17(8-5-6-10-24)22(31)28-11-7-9-19(28)21(30)27-18(23(32)33)13-15(3)4/h14-19H,5-13,24-25H2,1-4H3,(H,26,29)(H,27,30)(H,32,33). The van der Waals surface area contributed by atoms with Crippen LogP contribution in [-0.4, -0.2) is 71.0 Å². The third-order valence-electron chi connectivity index (χ3n) is 5.78. The molecule has 1 heterocycles. The van der Waals surface area contributed by atoms with Gasteiger partial charge in [-0.25, -0.2) is 4.79 Å². The van der Waals surface area contributed by atoms with E-state index in [9.17, 15) is 24.3 Å². The molecule has 1 saturated heterocycles. The van der Waals surface area contributed by atoms with Crippen LogP contribution in [0.1, 0.15) is 72.6 Å². The number of hydrogen-bond donors (Lipinski definition) is 5. The summed E-state index contributed by atoms with van der Waals surface area (Å²) < 4.78 is 0. The molecule has 0 aliphatic carbocycles. The van der Waals surface area contributed by atoms with E-state index in [1.165, 1.54) is 4.90 Å². The molecule has 3 amide bonds. The van der Waals surface area contributed by atoms with E-state index >= 15 is 0 Å².